The fourth-order valence-electron chi connectivity index (χ4n) is 1.52. The fourth-order valence-corrected chi connectivity index (χ4v) is 1.52. The molecule has 3 unspecified atom stereocenters. The van der Waals surface area contributed by atoms with E-state index in [1.54, 1.807) is 0 Å². The van der Waals surface area contributed by atoms with Crippen molar-refractivity contribution < 1.29 is 9.90 Å². The molecule has 0 heterocycles. The summed E-state index contributed by atoms with van der Waals surface area (Å²) in [5.74, 6) is -0.147. The lowest BCUT2D eigenvalue weighted by molar-refractivity contribution is -0.144. The van der Waals surface area contributed by atoms with Crippen molar-refractivity contribution in [2.24, 2.45) is 17.8 Å². The highest BCUT2D eigenvalue weighted by Crippen LogP contribution is 2.29. The van der Waals surface area contributed by atoms with Gasteiger partial charge in [0.05, 0.1) is 5.92 Å². The Morgan fingerprint density at radius 1 is 1.55 bits per heavy atom. The molecule has 11 heavy (non-hydrogen) atoms. The van der Waals surface area contributed by atoms with Gasteiger partial charge in [0, 0.05) is 0 Å². The van der Waals surface area contributed by atoms with E-state index in [4.69, 9.17) is 5.11 Å². The Hall–Kier alpha value is -0.790. The van der Waals surface area contributed by atoms with Crippen LogP contribution in [0.5, 0.6) is 0 Å². The average Bonchev–Trinajstić information content (AvgIpc) is 1.94. The van der Waals surface area contributed by atoms with Gasteiger partial charge in [0.15, 0.2) is 0 Å². The van der Waals surface area contributed by atoms with Crippen molar-refractivity contribution in [3.63, 3.8) is 0 Å². The standard InChI is InChI=1S/C9H14O2/c1-6-4-3-5-8(7(6)2)9(10)11/h3-4,6-8H,5H2,1-2H3,(H,10,11). The van der Waals surface area contributed by atoms with E-state index in [9.17, 15) is 4.79 Å². The minimum atomic E-state index is -0.659. The van der Waals surface area contributed by atoms with Crippen LogP contribution >= 0.6 is 0 Å². The summed E-state index contributed by atoms with van der Waals surface area (Å²) in [7, 11) is 0. The molecule has 0 fully saturated rings. The molecule has 1 aliphatic rings. The topological polar surface area (TPSA) is 37.3 Å². The molecule has 0 bridgehead atoms. The van der Waals surface area contributed by atoms with Crippen molar-refractivity contribution >= 4 is 5.97 Å². The second-order valence-electron chi connectivity index (χ2n) is 3.33. The van der Waals surface area contributed by atoms with Gasteiger partial charge in [-0.25, -0.2) is 0 Å². The van der Waals surface area contributed by atoms with Gasteiger partial charge in [-0.3, -0.25) is 4.79 Å². The number of allylic oxidation sites excluding steroid dienone is 2. The maximum atomic E-state index is 10.7. The van der Waals surface area contributed by atoms with E-state index in [0.717, 1.165) is 0 Å². The first kappa shape index (κ1) is 8.31. The van der Waals surface area contributed by atoms with E-state index < -0.39 is 5.97 Å². The fraction of sp³-hybridized carbons (Fsp3) is 0.667. The van der Waals surface area contributed by atoms with Crippen LogP contribution in [-0.2, 0) is 4.79 Å². The molecule has 3 atom stereocenters. The van der Waals surface area contributed by atoms with Crippen LogP contribution in [0.1, 0.15) is 20.3 Å². The Bertz CT molecular complexity index is 184. The zero-order valence-electron chi connectivity index (χ0n) is 6.95. The minimum Gasteiger partial charge on any atom is -0.481 e. The highest BCUT2D eigenvalue weighted by molar-refractivity contribution is 5.70. The molecule has 0 saturated heterocycles. The molecule has 0 aromatic carbocycles. The van der Waals surface area contributed by atoms with Crippen LogP contribution in [0.4, 0.5) is 0 Å². The zero-order chi connectivity index (χ0) is 8.43. The van der Waals surface area contributed by atoms with Gasteiger partial charge in [0.1, 0.15) is 0 Å². The number of rotatable bonds is 1. The highest BCUT2D eigenvalue weighted by Gasteiger charge is 2.28. The van der Waals surface area contributed by atoms with Gasteiger partial charge in [0.2, 0.25) is 0 Å². The Balaban J connectivity index is 2.70. The molecule has 1 aliphatic carbocycles. The molecule has 0 amide bonds. The first-order valence-electron chi connectivity index (χ1n) is 4.02. The smallest absolute Gasteiger partial charge is 0.307 e. The molecule has 0 aromatic rings. The van der Waals surface area contributed by atoms with E-state index in [-0.39, 0.29) is 11.8 Å². The number of carboxylic acid groups (broad SMARTS) is 1. The normalized spacial score (nSPS) is 37.1. The van der Waals surface area contributed by atoms with Crippen molar-refractivity contribution in [1.29, 1.82) is 0 Å². The van der Waals surface area contributed by atoms with Gasteiger partial charge >= 0.3 is 5.97 Å². The molecule has 0 aliphatic heterocycles. The van der Waals surface area contributed by atoms with E-state index in [0.29, 0.717) is 12.3 Å². The molecule has 2 heteroatoms. The van der Waals surface area contributed by atoms with Crippen molar-refractivity contribution in [3.8, 4) is 0 Å². The predicted molar refractivity (Wildman–Crippen MR) is 43.2 cm³/mol. The molecule has 2 nitrogen and oxygen atoms in total. The summed E-state index contributed by atoms with van der Waals surface area (Å²) in [5, 5.41) is 8.79. The highest BCUT2D eigenvalue weighted by atomic mass is 16.4. The van der Waals surface area contributed by atoms with Gasteiger partial charge in [-0.05, 0) is 18.3 Å². The van der Waals surface area contributed by atoms with E-state index in [2.05, 4.69) is 13.0 Å². The Kier molecular flexibility index (Phi) is 2.32. The van der Waals surface area contributed by atoms with Gasteiger partial charge in [-0.2, -0.15) is 0 Å². The first-order valence-corrected chi connectivity index (χ1v) is 4.02. The summed E-state index contributed by atoms with van der Waals surface area (Å²) >= 11 is 0. The average molecular weight is 154 g/mol. The lowest BCUT2D eigenvalue weighted by Gasteiger charge is -2.26. The Labute approximate surface area is 66.9 Å². The zero-order valence-corrected chi connectivity index (χ0v) is 6.95. The number of carbonyl (C=O) groups is 1. The Morgan fingerprint density at radius 3 is 2.64 bits per heavy atom. The third kappa shape index (κ3) is 1.62. The summed E-state index contributed by atoms with van der Waals surface area (Å²) in [6, 6.07) is 0. The number of carboxylic acids is 1. The molecule has 1 N–H and O–H groups in total. The maximum absolute atomic E-state index is 10.7. The summed E-state index contributed by atoms with van der Waals surface area (Å²) < 4.78 is 0. The third-order valence-corrected chi connectivity index (χ3v) is 2.61. The van der Waals surface area contributed by atoms with Crippen molar-refractivity contribution in [1.82, 2.24) is 0 Å². The van der Waals surface area contributed by atoms with E-state index >= 15 is 0 Å². The monoisotopic (exact) mass is 154 g/mol. The van der Waals surface area contributed by atoms with Gasteiger partial charge < -0.3 is 5.11 Å². The van der Waals surface area contributed by atoms with Crippen LogP contribution in [0, 0.1) is 17.8 Å². The van der Waals surface area contributed by atoms with Crippen LogP contribution in [0.25, 0.3) is 0 Å². The molecule has 0 saturated carbocycles. The number of aliphatic carboxylic acids is 1. The molecule has 0 radical (unpaired) electrons. The summed E-state index contributed by atoms with van der Waals surface area (Å²) in [5.41, 5.74) is 0. The first-order chi connectivity index (χ1) is 5.13. The lowest BCUT2D eigenvalue weighted by Crippen LogP contribution is -2.27. The predicted octanol–water partition coefficient (Wildman–Crippen LogP) is 1.92. The van der Waals surface area contributed by atoms with Crippen molar-refractivity contribution in [3.05, 3.63) is 12.2 Å². The third-order valence-electron chi connectivity index (χ3n) is 2.61. The Morgan fingerprint density at radius 2 is 2.18 bits per heavy atom. The number of hydrogen-bond acceptors (Lipinski definition) is 1. The van der Waals surface area contributed by atoms with Gasteiger partial charge in [-0.15, -0.1) is 0 Å². The molecule has 0 spiro atoms. The van der Waals surface area contributed by atoms with Crippen LogP contribution in [-0.4, -0.2) is 11.1 Å². The van der Waals surface area contributed by atoms with Gasteiger partial charge in [0.25, 0.3) is 0 Å². The largest absolute Gasteiger partial charge is 0.481 e. The molecular formula is C9H14O2. The minimum absolute atomic E-state index is 0.171. The molecule has 62 valence electrons. The molecule has 1 rings (SSSR count). The van der Waals surface area contributed by atoms with Gasteiger partial charge in [-0.1, -0.05) is 26.0 Å². The second-order valence-corrected chi connectivity index (χ2v) is 3.33. The summed E-state index contributed by atoms with van der Waals surface area (Å²) in [6.07, 6.45) is 4.77. The quantitative estimate of drug-likeness (QED) is 0.586. The summed E-state index contributed by atoms with van der Waals surface area (Å²) in [4.78, 5) is 10.7. The van der Waals surface area contributed by atoms with Crippen molar-refractivity contribution in [2.75, 3.05) is 0 Å². The van der Waals surface area contributed by atoms with Crippen LogP contribution in [0.2, 0.25) is 0 Å². The maximum Gasteiger partial charge on any atom is 0.307 e. The van der Waals surface area contributed by atoms with Crippen molar-refractivity contribution in [2.45, 2.75) is 20.3 Å². The van der Waals surface area contributed by atoms with Crippen LogP contribution in [0.3, 0.4) is 0 Å². The molecular weight excluding hydrogens is 140 g/mol. The van der Waals surface area contributed by atoms with Crippen LogP contribution in [0.15, 0.2) is 12.2 Å². The molecule has 0 aromatic heterocycles. The number of hydrogen-bond donors (Lipinski definition) is 1. The summed E-state index contributed by atoms with van der Waals surface area (Å²) in [6.45, 7) is 4.07. The lowest BCUT2D eigenvalue weighted by atomic mass is 9.78. The SMILES string of the molecule is CC1C=CCC(C(=O)O)C1C. The van der Waals surface area contributed by atoms with E-state index in [1.165, 1.54) is 0 Å². The van der Waals surface area contributed by atoms with E-state index in [1.807, 2.05) is 13.0 Å². The second kappa shape index (κ2) is 3.07. The van der Waals surface area contributed by atoms with Crippen LogP contribution < -0.4 is 0 Å².